The van der Waals surface area contributed by atoms with Gasteiger partial charge in [0.25, 0.3) is 11.8 Å². The van der Waals surface area contributed by atoms with Gasteiger partial charge in [0.1, 0.15) is 0 Å². The highest BCUT2D eigenvalue weighted by Crippen LogP contribution is 2.19. The van der Waals surface area contributed by atoms with Crippen molar-refractivity contribution < 1.29 is 29.4 Å². The van der Waals surface area contributed by atoms with Crippen molar-refractivity contribution in [3.8, 4) is 0 Å². The number of amides is 2. The van der Waals surface area contributed by atoms with Crippen molar-refractivity contribution in [3.63, 3.8) is 0 Å². The predicted molar refractivity (Wildman–Crippen MR) is 73.2 cm³/mol. The number of alkyl halides is 1. The Kier molecular flexibility index (Phi) is 5.57. The van der Waals surface area contributed by atoms with Gasteiger partial charge in [-0.1, -0.05) is 15.9 Å². The Labute approximate surface area is 127 Å². The van der Waals surface area contributed by atoms with Gasteiger partial charge in [0.2, 0.25) is 0 Å². The fraction of sp³-hybridized carbons (Fsp3) is 0.500. The summed E-state index contributed by atoms with van der Waals surface area (Å²) in [5, 5.41) is 17.1. The molecule has 0 unspecified atom stereocenters. The molecule has 10 heteroatoms. The molecule has 0 saturated carbocycles. The number of carboxylic acids is 2. The molecule has 0 aromatic rings. The predicted octanol–water partition coefficient (Wildman–Crippen LogP) is -0.345. The number of carbonyl (C=O) groups excluding carboxylic acids is 2. The average Bonchev–Trinajstić information content (AvgIpc) is 2.35. The van der Waals surface area contributed by atoms with Gasteiger partial charge in [0.05, 0.1) is 12.8 Å². The van der Waals surface area contributed by atoms with Gasteiger partial charge in [-0.3, -0.25) is 29.0 Å². The van der Waals surface area contributed by atoms with E-state index in [0.717, 1.165) is 9.80 Å². The first-order valence-electron chi connectivity index (χ1n) is 5.50. The van der Waals surface area contributed by atoms with E-state index in [4.69, 9.17) is 22.4 Å². The molecule has 0 aromatic heterocycles. The maximum absolute atomic E-state index is 11.9. The number of aliphatic carboxylic acids is 2. The highest BCUT2D eigenvalue weighted by molar-refractivity contribution is 9.10. The number of rotatable bonds is 6. The number of thiocarbonyl (C=S) groups is 1. The first kappa shape index (κ1) is 16.5. The highest BCUT2D eigenvalue weighted by Gasteiger charge is 2.42. The van der Waals surface area contributed by atoms with Crippen molar-refractivity contribution in [1.29, 1.82) is 0 Å². The van der Waals surface area contributed by atoms with Crippen molar-refractivity contribution in [2.45, 2.75) is 17.7 Å². The van der Waals surface area contributed by atoms with Crippen LogP contribution in [0.2, 0.25) is 0 Å². The minimum absolute atomic E-state index is 0.168. The molecule has 20 heavy (non-hydrogen) atoms. The lowest BCUT2D eigenvalue weighted by atomic mass is 10.2. The fourth-order valence-corrected chi connectivity index (χ4v) is 2.40. The lowest BCUT2D eigenvalue weighted by Gasteiger charge is -2.37. The Bertz CT molecular complexity index is 442. The summed E-state index contributed by atoms with van der Waals surface area (Å²) in [5.41, 5.74) is 0. The molecule has 0 aliphatic carbocycles. The van der Waals surface area contributed by atoms with Gasteiger partial charge >= 0.3 is 11.9 Å². The monoisotopic (exact) mass is 366 g/mol. The second-order valence-corrected chi connectivity index (χ2v) is 5.19. The van der Waals surface area contributed by atoms with Crippen LogP contribution in [0, 0.1) is 0 Å². The third-order valence-corrected chi connectivity index (χ3v) is 3.75. The molecule has 1 saturated heterocycles. The van der Waals surface area contributed by atoms with Crippen LogP contribution >= 0.6 is 28.1 Å². The van der Waals surface area contributed by atoms with E-state index < -0.39 is 28.6 Å². The van der Waals surface area contributed by atoms with Crippen LogP contribution in [0.25, 0.3) is 0 Å². The number of carboxylic acid groups (broad SMARTS) is 2. The largest absolute Gasteiger partial charge is 0.481 e. The highest BCUT2D eigenvalue weighted by atomic mass is 79.9. The van der Waals surface area contributed by atoms with E-state index in [-0.39, 0.29) is 31.0 Å². The SMILES string of the molecule is O=C(O)CCN1C(=O)C(Br)C(=O)N(CCC(=O)O)C1=S. The van der Waals surface area contributed by atoms with Gasteiger partial charge in [0, 0.05) is 13.1 Å². The van der Waals surface area contributed by atoms with Crippen molar-refractivity contribution in [3.05, 3.63) is 0 Å². The van der Waals surface area contributed by atoms with Crippen LogP contribution in [0.4, 0.5) is 0 Å². The summed E-state index contributed by atoms with van der Waals surface area (Å²) in [6.07, 6.45) is -0.654. The van der Waals surface area contributed by atoms with E-state index in [1.807, 2.05) is 0 Å². The molecule has 2 N–H and O–H groups in total. The van der Waals surface area contributed by atoms with Crippen molar-refractivity contribution in [2.75, 3.05) is 13.1 Å². The second-order valence-electron chi connectivity index (χ2n) is 3.91. The molecule has 0 atom stereocenters. The lowest BCUT2D eigenvalue weighted by molar-refractivity contribution is -0.140. The summed E-state index contributed by atoms with van der Waals surface area (Å²) < 4.78 is 0. The summed E-state index contributed by atoms with van der Waals surface area (Å²) in [4.78, 5) is 45.6. The zero-order valence-electron chi connectivity index (χ0n) is 10.1. The first-order valence-corrected chi connectivity index (χ1v) is 6.82. The molecule has 1 fully saturated rings. The summed E-state index contributed by atoms with van der Waals surface area (Å²) in [6.45, 7) is -0.349. The zero-order chi connectivity index (χ0) is 15.4. The molecule has 0 radical (unpaired) electrons. The quantitative estimate of drug-likeness (QED) is 0.375. The van der Waals surface area contributed by atoms with Crippen molar-refractivity contribution >= 4 is 57.0 Å². The molecule has 1 aliphatic heterocycles. The third kappa shape index (κ3) is 3.73. The molecule has 2 amide bonds. The number of carbonyl (C=O) groups is 4. The van der Waals surface area contributed by atoms with Crippen LogP contribution in [-0.2, 0) is 19.2 Å². The maximum atomic E-state index is 11.9. The molecular formula is C10H11BrN2O6S. The third-order valence-electron chi connectivity index (χ3n) is 2.53. The van der Waals surface area contributed by atoms with Gasteiger partial charge in [-0.15, -0.1) is 0 Å². The molecule has 110 valence electrons. The molecule has 1 aliphatic rings. The number of nitrogens with zero attached hydrogens (tertiary/aromatic N) is 2. The minimum Gasteiger partial charge on any atom is -0.481 e. The lowest BCUT2D eigenvalue weighted by Crippen LogP contribution is -2.60. The number of halogens is 1. The maximum Gasteiger partial charge on any atom is 0.305 e. The molecule has 0 bridgehead atoms. The number of hydrogen-bond donors (Lipinski definition) is 2. The zero-order valence-corrected chi connectivity index (χ0v) is 12.5. The van der Waals surface area contributed by atoms with E-state index in [9.17, 15) is 19.2 Å². The number of hydrogen-bond acceptors (Lipinski definition) is 5. The molecular weight excluding hydrogens is 356 g/mol. The minimum atomic E-state index is -1.18. The van der Waals surface area contributed by atoms with E-state index in [0.29, 0.717) is 0 Å². The topological polar surface area (TPSA) is 115 Å². The van der Waals surface area contributed by atoms with Gasteiger partial charge in [-0.05, 0) is 12.2 Å². The molecule has 0 aromatic carbocycles. The fourth-order valence-electron chi connectivity index (χ4n) is 1.54. The standard InChI is InChI=1S/C10H11BrN2O6S/c11-7-8(18)12(3-1-5(14)15)10(20)13(9(7)19)4-2-6(16)17/h7H,1-4H2,(H,14,15)(H,16,17). The van der Waals surface area contributed by atoms with E-state index in [1.165, 1.54) is 0 Å². The Morgan fingerprint density at radius 1 is 1.05 bits per heavy atom. The van der Waals surface area contributed by atoms with Crippen LogP contribution in [0.15, 0.2) is 0 Å². The summed E-state index contributed by atoms with van der Waals surface area (Å²) in [6, 6.07) is 0. The Hall–Kier alpha value is -1.55. The average molecular weight is 367 g/mol. The Morgan fingerprint density at radius 3 is 1.70 bits per heavy atom. The van der Waals surface area contributed by atoms with E-state index in [1.54, 1.807) is 0 Å². The van der Waals surface area contributed by atoms with Gasteiger partial charge in [0.15, 0.2) is 9.94 Å². The summed E-state index contributed by atoms with van der Waals surface area (Å²) >= 11 is 7.87. The normalized spacial score (nSPS) is 16.8. The van der Waals surface area contributed by atoms with Crippen molar-refractivity contribution in [1.82, 2.24) is 9.80 Å². The van der Waals surface area contributed by atoms with E-state index in [2.05, 4.69) is 15.9 Å². The van der Waals surface area contributed by atoms with Gasteiger partial charge in [-0.25, -0.2) is 0 Å². The van der Waals surface area contributed by atoms with Crippen LogP contribution in [0.5, 0.6) is 0 Å². The molecule has 8 nitrogen and oxygen atoms in total. The Balaban J connectivity index is 2.87. The second kappa shape index (κ2) is 6.75. The Morgan fingerprint density at radius 2 is 1.40 bits per heavy atom. The summed E-state index contributed by atoms with van der Waals surface area (Å²) in [7, 11) is 0. The van der Waals surface area contributed by atoms with Crippen LogP contribution in [0.3, 0.4) is 0 Å². The van der Waals surface area contributed by atoms with Crippen molar-refractivity contribution in [2.24, 2.45) is 0 Å². The van der Waals surface area contributed by atoms with Crippen LogP contribution in [-0.4, -0.2) is 66.8 Å². The summed E-state index contributed by atoms with van der Waals surface area (Å²) in [5.74, 6) is -3.51. The smallest absolute Gasteiger partial charge is 0.305 e. The van der Waals surface area contributed by atoms with Crippen LogP contribution in [0.1, 0.15) is 12.8 Å². The van der Waals surface area contributed by atoms with Gasteiger partial charge < -0.3 is 10.2 Å². The van der Waals surface area contributed by atoms with Crippen LogP contribution < -0.4 is 0 Å². The molecule has 0 spiro atoms. The molecule has 1 heterocycles. The van der Waals surface area contributed by atoms with E-state index >= 15 is 0 Å². The first-order chi connectivity index (χ1) is 9.25. The van der Waals surface area contributed by atoms with Gasteiger partial charge in [-0.2, -0.15) is 0 Å². The molecule has 1 rings (SSSR count).